The van der Waals surface area contributed by atoms with Crippen LogP contribution in [0.25, 0.3) is 10.9 Å². The molecule has 1 N–H and O–H groups in total. The van der Waals surface area contributed by atoms with E-state index >= 15 is 0 Å². The monoisotopic (exact) mass is 203 g/mol. The lowest BCUT2D eigenvalue weighted by Gasteiger charge is -2.05. The fourth-order valence-corrected chi connectivity index (χ4v) is 1.41. The second-order valence-corrected chi connectivity index (χ2v) is 3.04. The quantitative estimate of drug-likeness (QED) is 0.755. The standard InChI is InChI=1S/C11H9NO3/c1-15-10-5-4-9-8(11(10)14)3-2-7(6-13)12-9/h2-6,14H,1H3. The molecule has 1 aromatic heterocycles. The average Bonchev–Trinajstić information content (AvgIpc) is 2.29. The Bertz CT molecular complexity index is 522. The molecule has 0 spiro atoms. The smallest absolute Gasteiger partial charge is 0.168 e. The van der Waals surface area contributed by atoms with Crippen LogP contribution in [-0.4, -0.2) is 23.5 Å². The van der Waals surface area contributed by atoms with Crippen LogP contribution in [0.15, 0.2) is 24.3 Å². The van der Waals surface area contributed by atoms with Crippen LogP contribution >= 0.6 is 0 Å². The summed E-state index contributed by atoms with van der Waals surface area (Å²) >= 11 is 0. The van der Waals surface area contributed by atoms with E-state index < -0.39 is 0 Å². The molecular formula is C11H9NO3. The fraction of sp³-hybridized carbons (Fsp3) is 0.0909. The van der Waals surface area contributed by atoms with Gasteiger partial charge in [-0.3, -0.25) is 4.79 Å². The fourth-order valence-electron chi connectivity index (χ4n) is 1.41. The van der Waals surface area contributed by atoms with Crippen LogP contribution in [0, 0.1) is 0 Å². The van der Waals surface area contributed by atoms with E-state index in [2.05, 4.69) is 4.98 Å². The molecule has 0 radical (unpaired) electrons. The number of aldehydes is 1. The topological polar surface area (TPSA) is 59.4 Å². The molecule has 0 unspecified atom stereocenters. The summed E-state index contributed by atoms with van der Waals surface area (Å²) in [4.78, 5) is 14.6. The van der Waals surface area contributed by atoms with Crippen molar-refractivity contribution < 1.29 is 14.6 Å². The lowest BCUT2D eigenvalue weighted by Crippen LogP contribution is -1.89. The minimum Gasteiger partial charge on any atom is -0.504 e. The van der Waals surface area contributed by atoms with Gasteiger partial charge in [0.15, 0.2) is 17.8 Å². The van der Waals surface area contributed by atoms with Crippen LogP contribution < -0.4 is 4.74 Å². The second-order valence-electron chi connectivity index (χ2n) is 3.04. The highest BCUT2D eigenvalue weighted by molar-refractivity contribution is 5.89. The molecule has 4 nitrogen and oxygen atoms in total. The Hall–Kier alpha value is -2.10. The molecule has 0 saturated carbocycles. The lowest BCUT2D eigenvalue weighted by molar-refractivity contribution is 0.111. The normalized spacial score (nSPS) is 10.2. The van der Waals surface area contributed by atoms with Gasteiger partial charge >= 0.3 is 0 Å². The zero-order valence-corrected chi connectivity index (χ0v) is 8.10. The van der Waals surface area contributed by atoms with Crippen molar-refractivity contribution in [2.75, 3.05) is 7.11 Å². The van der Waals surface area contributed by atoms with Crippen molar-refractivity contribution in [1.82, 2.24) is 4.98 Å². The molecule has 1 aromatic carbocycles. The number of carbonyl (C=O) groups is 1. The maximum absolute atomic E-state index is 10.5. The molecule has 0 saturated heterocycles. The first kappa shape index (κ1) is 9.45. The Morgan fingerprint density at radius 1 is 1.33 bits per heavy atom. The van der Waals surface area contributed by atoms with Gasteiger partial charge in [0.1, 0.15) is 5.69 Å². The molecule has 0 amide bonds. The predicted octanol–water partition coefficient (Wildman–Crippen LogP) is 1.76. The molecule has 0 bridgehead atoms. The van der Waals surface area contributed by atoms with Crippen molar-refractivity contribution in [3.63, 3.8) is 0 Å². The van der Waals surface area contributed by atoms with Gasteiger partial charge < -0.3 is 9.84 Å². The van der Waals surface area contributed by atoms with Crippen molar-refractivity contribution in [2.24, 2.45) is 0 Å². The summed E-state index contributed by atoms with van der Waals surface area (Å²) in [5, 5.41) is 10.3. The summed E-state index contributed by atoms with van der Waals surface area (Å²) in [6.45, 7) is 0. The van der Waals surface area contributed by atoms with Crippen molar-refractivity contribution in [3.8, 4) is 11.5 Å². The maximum Gasteiger partial charge on any atom is 0.168 e. The summed E-state index contributed by atoms with van der Waals surface area (Å²) in [5.74, 6) is 0.433. The number of carbonyl (C=O) groups excluding carboxylic acids is 1. The van der Waals surface area contributed by atoms with E-state index in [-0.39, 0.29) is 5.75 Å². The highest BCUT2D eigenvalue weighted by atomic mass is 16.5. The number of nitrogens with zero attached hydrogens (tertiary/aromatic N) is 1. The predicted molar refractivity (Wildman–Crippen MR) is 55.3 cm³/mol. The molecule has 2 rings (SSSR count). The minimum absolute atomic E-state index is 0.0416. The number of ether oxygens (including phenoxy) is 1. The van der Waals surface area contributed by atoms with Gasteiger partial charge in [0.2, 0.25) is 0 Å². The van der Waals surface area contributed by atoms with E-state index in [1.54, 1.807) is 24.3 Å². The number of fused-ring (bicyclic) bond motifs is 1. The number of hydrogen-bond acceptors (Lipinski definition) is 4. The second kappa shape index (κ2) is 3.57. The molecule has 15 heavy (non-hydrogen) atoms. The number of benzene rings is 1. The molecule has 1 heterocycles. The molecule has 2 aromatic rings. The Morgan fingerprint density at radius 2 is 2.13 bits per heavy atom. The van der Waals surface area contributed by atoms with Gasteiger partial charge in [-0.15, -0.1) is 0 Å². The summed E-state index contributed by atoms with van der Waals surface area (Å²) in [5.41, 5.74) is 0.907. The number of pyridine rings is 1. The van der Waals surface area contributed by atoms with E-state index in [1.807, 2.05) is 0 Å². The van der Waals surface area contributed by atoms with E-state index in [9.17, 15) is 9.90 Å². The Morgan fingerprint density at radius 3 is 2.80 bits per heavy atom. The van der Waals surface area contributed by atoms with Crippen LogP contribution in [0.4, 0.5) is 0 Å². The molecule has 4 heteroatoms. The van der Waals surface area contributed by atoms with Gasteiger partial charge in [-0.2, -0.15) is 0 Å². The first-order valence-corrected chi connectivity index (χ1v) is 4.38. The van der Waals surface area contributed by atoms with Gasteiger partial charge in [0.05, 0.1) is 12.6 Å². The number of hydrogen-bond donors (Lipinski definition) is 1. The summed E-state index contributed by atoms with van der Waals surface area (Å²) in [6.07, 6.45) is 0.667. The number of phenolic OH excluding ortho intramolecular Hbond substituents is 1. The van der Waals surface area contributed by atoms with E-state index in [0.29, 0.717) is 28.6 Å². The third-order valence-corrected chi connectivity index (χ3v) is 2.17. The van der Waals surface area contributed by atoms with Gasteiger partial charge in [-0.25, -0.2) is 4.98 Å². The number of aromatic hydroxyl groups is 1. The SMILES string of the molecule is COc1ccc2nc(C=O)ccc2c1O. The first-order chi connectivity index (χ1) is 7.26. The van der Waals surface area contributed by atoms with Crippen molar-refractivity contribution >= 4 is 17.2 Å². The Balaban J connectivity index is 2.73. The van der Waals surface area contributed by atoms with Crippen molar-refractivity contribution in [2.45, 2.75) is 0 Å². The zero-order valence-electron chi connectivity index (χ0n) is 8.10. The third kappa shape index (κ3) is 1.50. The molecule has 0 aliphatic rings. The van der Waals surface area contributed by atoms with Gasteiger partial charge in [0, 0.05) is 5.39 Å². The molecule has 0 aliphatic heterocycles. The number of rotatable bonds is 2. The number of methoxy groups -OCH3 is 1. The average molecular weight is 203 g/mol. The summed E-state index contributed by atoms with van der Waals surface area (Å²) in [6, 6.07) is 6.50. The molecule has 0 atom stereocenters. The van der Waals surface area contributed by atoms with Gasteiger partial charge in [-0.1, -0.05) is 0 Å². The maximum atomic E-state index is 10.5. The van der Waals surface area contributed by atoms with Crippen molar-refractivity contribution in [1.29, 1.82) is 0 Å². The summed E-state index contributed by atoms with van der Waals surface area (Å²) < 4.78 is 4.96. The zero-order chi connectivity index (χ0) is 10.8. The third-order valence-electron chi connectivity index (χ3n) is 2.17. The highest BCUT2D eigenvalue weighted by Crippen LogP contribution is 2.33. The highest BCUT2D eigenvalue weighted by Gasteiger charge is 2.07. The van der Waals surface area contributed by atoms with Crippen LogP contribution in [0.1, 0.15) is 10.5 Å². The summed E-state index contributed by atoms with van der Waals surface area (Å²) in [7, 11) is 1.48. The Labute approximate surface area is 86.1 Å². The lowest BCUT2D eigenvalue weighted by atomic mass is 10.1. The van der Waals surface area contributed by atoms with Crippen LogP contribution in [-0.2, 0) is 0 Å². The first-order valence-electron chi connectivity index (χ1n) is 4.38. The molecule has 0 fully saturated rings. The van der Waals surface area contributed by atoms with E-state index in [1.165, 1.54) is 7.11 Å². The minimum atomic E-state index is 0.0416. The van der Waals surface area contributed by atoms with Crippen LogP contribution in [0.2, 0.25) is 0 Å². The van der Waals surface area contributed by atoms with Crippen LogP contribution in [0.5, 0.6) is 11.5 Å². The number of aromatic nitrogens is 1. The molecule has 76 valence electrons. The Kier molecular flexibility index (Phi) is 2.25. The molecular weight excluding hydrogens is 194 g/mol. The van der Waals surface area contributed by atoms with Crippen molar-refractivity contribution in [3.05, 3.63) is 30.0 Å². The van der Waals surface area contributed by atoms with E-state index in [0.717, 1.165) is 0 Å². The van der Waals surface area contributed by atoms with Gasteiger partial charge in [0.25, 0.3) is 0 Å². The van der Waals surface area contributed by atoms with Gasteiger partial charge in [-0.05, 0) is 24.3 Å². The van der Waals surface area contributed by atoms with E-state index in [4.69, 9.17) is 4.74 Å². The molecule has 0 aliphatic carbocycles. The number of phenols is 1. The van der Waals surface area contributed by atoms with Crippen LogP contribution in [0.3, 0.4) is 0 Å². The largest absolute Gasteiger partial charge is 0.504 e.